The zero-order chi connectivity index (χ0) is 19.6. The van der Waals surface area contributed by atoms with E-state index in [1.807, 2.05) is 13.0 Å². The van der Waals surface area contributed by atoms with Gasteiger partial charge in [-0.1, -0.05) is 0 Å². The number of hydrogen-bond donors (Lipinski definition) is 0. The van der Waals surface area contributed by atoms with Crippen molar-refractivity contribution in [2.24, 2.45) is 7.05 Å². The first kappa shape index (κ1) is 17.6. The number of nitrogens with zero attached hydrogens (tertiary/aromatic N) is 1. The van der Waals surface area contributed by atoms with Gasteiger partial charge in [0.2, 0.25) is 0 Å². The SMILES string of the molecule is Cc1cc(F)ccc1-c1c2c(c3ccccc3[n+]1C)-c1ccccc1[Se]2(C)C. The summed E-state index contributed by atoms with van der Waals surface area (Å²) in [5, 5.41) is 1.30. The molecular formula is C25H23FNSe+. The summed E-state index contributed by atoms with van der Waals surface area (Å²) < 4.78 is 19.2. The van der Waals surface area contributed by atoms with Crippen LogP contribution in [-0.2, 0) is 7.05 Å². The molecule has 1 aliphatic heterocycles. The van der Waals surface area contributed by atoms with Crippen molar-refractivity contribution in [1.29, 1.82) is 0 Å². The fourth-order valence-corrected chi connectivity index (χ4v) is 10.6. The Labute approximate surface area is 167 Å². The van der Waals surface area contributed by atoms with E-state index in [1.165, 1.54) is 36.6 Å². The van der Waals surface area contributed by atoms with Gasteiger partial charge < -0.3 is 0 Å². The molecule has 4 aromatic rings. The molecule has 0 amide bonds. The molecule has 0 radical (unpaired) electrons. The van der Waals surface area contributed by atoms with Gasteiger partial charge in [0.1, 0.15) is 0 Å². The molecule has 0 atom stereocenters. The fourth-order valence-electron chi connectivity index (χ4n) is 4.68. The van der Waals surface area contributed by atoms with E-state index >= 15 is 0 Å². The maximum atomic E-state index is 13.9. The summed E-state index contributed by atoms with van der Waals surface area (Å²) in [5.74, 6) is 4.74. The average molecular weight is 435 g/mol. The summed E-state index contributed by atoms with van der Waals surface area (Å²) >= 11 is -2.13. The maximum absolute atomic E-state index is 13.9. The molecule has 1 aliphatic rings. The molecular weight excluding hydrogens is 412 g/mol. The topological polar surface area (TPSA) is 3.88 Å². The normalized spacial score (nSPS) is 15.3. The number of pyridine rings is 1. The third-order valence-corrected chi connectivity index (χ3v) is 12.0. The van der Waals surface area contributed by atoms with E-state index in [0.29, 0.717) is 0 Å². The Kier molecular flexibility index (Phi) is 3.78. The summed E-state index contributed by atoms with van der Waals surface area (Å²) in [4.78, 5) is 0. The van der Waals surface area contributed by atoms with Crippen LogP contribution in [0.2, 0.25) is 11.6 Å². The number of halogens is 1. The van der Waals surface area contributed by atoms with Crippen molar-refractivity contribution < 1.29 is 8.96 Å². The third kappa shape index (κ3) is 2.27. The summed E-state index contributed by atoms with van der Waals surface area (Å²) in [7, 11) is 2.15. The monoisotopic (exact) mass is 436 g/mol. The fraction of sp³-hybridized carbons (Fsp3) is 0.160. The Hall–Kier alpha value is -2.48. The molecule has 28 heavy (non-hydrogen) atoms. The van der Waals surface area contributed by atoms with E-state index in [9.17, 15) is 4.39 Å². The van der Waals surface area contributed by atoms with Crippen LogP contribution in [0.4, 0.5) is 4.39 Å². The molecule has 140 valence electrons. The number of aryl methyl sites for hydroxylation is 2. The molecule has 1 nitrogen and oxygen atoms in total. The van der Waals surface area contributed by atoms with Gasteiger partial charge in [-0.3, -0.25) is 0 Å². The minimum absolute atomic E-state index is 0.178. The van der Waals surface area contributed by atoms with E-state index in [1.54, 1.807) is 12.1 Å². The number of aromatic nitrogens is 1. The van der Waals surface area contributed by atoms with Crippen LogP contribution < -0.4 is 13.5 Å². The van der Waals surface area contributed by atoms with E-state index < -0.39 is 12.8 Å². The molecule has 3 heteroatoms. The van der Waals surface area contributed by atoms with E-state index in [0.717, 1.165) is 11.1 Å². The van der Waals surface area contributed by atoms with Crippen LogP contribution in [0.3, 0.4) is 0 Å². The van der Waals surface area contributed by atoms with Gasteiger partial charge in [-0.2, -0.15) is 0 Å². The van der Waals surface area contributed by atoms with Gasteiger partial charge in [-0.25, -0.2) is 0 Å². The molecule has 0 fully saturated rings. The summed E-state index contributed by atoms with van der Waals surface area (Å²) in [6, 6.07) is 22.7. The second kappa shape index (κ2) is 6.01. The molecule has 0 saturated heterocycles. The van der Waals surface area contributed by atoms with Crippen LogP contribution in [0.1, 0.15) is 5.56 Å². The second-order valence-electron chi connectivity index (χ2n) is 7.91. The van der Waals surface area contributed by atoms with Gasteiger partial charge in [-0.05, 0) is 0 Å². The predicted octanol–water partition coefficient (Wildman–Crippen LogP) is 4.58. The van der Waals surface area contributed by atoms with Crippen molar-refractivity contribution >= 4 is 32.7 Å². The van der Waals surface area contributed by atoms with Crippen LogP contribution in [0.15, 0.2) is 66.7 Å². The molecule has 0 aliphatic carbocycles. The molecule has 3 aromatic carbocycles. The number of hydrogen-bond acceptors (Lipinski definition) is 0. The van der Waals surface area contributed by atoms with Gasteiger partial charge in [-0.15, -0.1) is 0 Å². The number of rotatable bonds is 1. The zero-order valence-corrected chi connectivity index (χ0v) is 18.3. The quantitative estimate of drug-likeness (QED) is 0.304. The zero-order valence-electron chi connectivity index (χ0n) is 16.6. The molecule has 0 bridgehead atoms. The molecule has 1 aromatic heterocycles. The number of fused-ring (bicyclic) bond motifs is 5. The first-order valence-corrected chi connectivity index (χ1v) is 14.6. The number of para-hydroxylation sites is 1. The van der Waals surface area contributed by atoms with Gasteiger partial charge in [0, 0.05) is 0 Å². The Morgan fingerprint density at radius 1 is 0.857 bits per heavy atom. The van der Waals surface area contributed by atoms with Crippen LogP contribution >= 0.6 is 0 Å². The molecule has 0 unspecified atom stereocenters. The molecule has 2 heterocycles. The first-order valence-electron chi connectivity index (χ1n) is 9.45. The van der Waals surface area contributed by atoms with Crippen molar-refractivity contribution in [3.05, 3.63) is 78.1 Å². The Morgan fingerprint density at radius 2 is 1.57 bits per heavy atom. The van der Waals surface area contributed by atoms with Crippen LogP contribution in [0.5, 0.6) is 0 Å². The van der Waals surface area contributed by atoms with Crippen molar-refractivity contribution in [3.8, 4) is 22.4 Å². The molecule has 0 N–H and O–H groups in total. The predicted molar refractivity (Wildman–Crippen MR) is 117 cm³/mol. The summed E-state index contributed by atoms with van der Waals surface area (Å²) in [6.07, 6.45) is 0. The van der Waals surface area contributed by atoms with Crippen molar-refractivity contribution in [1.82, 2.24) is 0 Å². The van der Waals surface area contributed by atoms with Crippen LogP contribution in [-0.4, -0.2) is 12.8 Å². The van der Waals surface area contributed by atoms with Crippen molar-refractivity contribution in [3.63, 3.8) is 0 Å². The van der Waals surface area contributed by atoms with E-state index in [-0.39, 0.29) is 5.82 Å². The summed E-state index contributed by atoms with van der Waals surface area (Å²) in [6.45, 7) is 2.01. The van der Waals surface area contributed by atoms with E-state index in [4.69, 9.17) is 0 Å². The molecule has 0 spiro atoms. The Morgan fingerprint density at radius 3 is 2.36 bits per heavy atom. The number of benzene rings is 3. The Bertz CT molecular complexity index is 1270. The van der Waals surface area contributed by atoms with Gasteiger partial charge >= 0.3 is 168 Å². The third-order valence-electron chi connectivity index (χ3n) is 5.97. The van der Waals surface area contributed by atoms with Crippen LogP contribution in [0, 0.1) is 12.7 Å². The van der Waals surface area contributed by atoms with Gasteiger partial charge in [0.05, 0.1) is 0 Å². The minimum atomic E-state index is -2.13. The summed E-state index contributed by atoms with van der Waals surface area (Å²) in [5.41, 5.74) is 7.33. The molecule has 5 rings (SSSR count). The van der Waals surface area contributed by atoms with Gasteiger partial charge in [0.15, 0.2) is 0 Å². The average Bonchev–Trinajstić information content (AvgIpc) is 2.92. The van der Waals surface area contributed by atoms with Gasteiger partial charge in [0.25, 0.3) is 0 Å². The molecule has 0 saturated carbocycles. The van der Waals surface area contributed by atoms with E-state index in [2.05, 4.69) is 71.8 Å². The van der Waals surface area contributed by atoms with Crippen molar-refractivity contribution in [2.45, 2.75) is 18.6 Å². The first-order chi connectivity index (χ1) is 13.4. The van der Waals surface area contributed by atoms with Crippen LogP contribution in [0.25, 0.3) is 33.3 Å². The van der Waals surface area contributed by atoms with Crippen molar-refractivity contribution in [2.75, 3.05) is 0 Å². The second-order valence-corrected chi connectivity index (χ2v) is 15.3. The Balaban J connectivity index is 2.03. The standard InChI is InChI=1S/C25H23FNSe/c1-16-15-17(26)13-14-18(16)24-25-23(19-9-5-7-11-21(19)27(24)2)20-10-6-8-12-22(20)28(25,3)4/h5-15H,1-4H3/q+1.